The van der Waals surface area contributed by atoms with E-state index >= 15 is 0 Å². The number of nitrogen functional groups attached to an aromatic ring is 1. The molecule has 1 saturated carbocycles. The summed E-state index contributed by atoms with van der Waals surface area (Å²) >= 11 is 0. The first-order valence-electron chi connectivity index (χ1n) is 14.2. The monoisotopic (exact) mass is 545 g/mol. The number of fused-ring (bicyclic) bond motifs is 1. The standard InChI is InChI=1S/C30H39N7O3/c1-2-17-39-18-16-32-19-26(38)35-22-10-12-23(13-11-22)37-30-27(29(31)33-20-34-30)28(36-37)21-8-14-25(15-9-21)40-24-6-4-3-5-7-24/h3-9,14-15,20,22-23,26,32,35,38H,2,10-13,16-19H2,1H3,(H2,31,33,34). The van der Waals surface area contributed by atoms with Gasteiger partial charge in [-0.3, -0.25) is 5.32 Å². The number of nitrogens with zero attached hydrogens (tertiary/aromatic N) is 4. The van der Waals surface area contributed by atoms with Gasteiger partial charge in [-0.1, -0.05) is 25.1 Å². The number of aliphatic hydroxyl groups excluding tert-OH is 1. The molecule has 5 rings (SSSR count). The topological polar surface area (TPSA) is 132 Å². The van der Waals surface area contributed by atoms with E-state index in [2.05, 4.69) is 27.5 Å². The lowest BCUT2D eigenvalue weighted by Crippen LogP contribution is -2.46. The van der Waals surface area contributed by atoms with Crippen molar-refractivity contribution < 1.29 is 14.6 Å². The van der Waals surface area contributed by atoms with Crippen molar-refractivity contribution in [2.24, 2.45) is 0 Å². The number of benzene rings is 2. The Bertz CT molecular complexity index is 1340. The number of ether oxygens (including phenoxy) is 2. The summed E-state index contributed by atoms with van der Waals surface area (Å²) in [5.74, 6) is 1.95. The molecule has 1 atom stereocenters. The van der Waals surface area contributed by atoms with Gasteiger partial charge >= 0.3 is 0 Å². The van der Waals surface area contributed by atoms with E-state index in [9.17, 15) is 5.11 Å². The van der Waals surface area contributed by atoms with Crippen molar-refractivity contribution in [1.29, 1.82) is 0 Å². The third-order valence-electron chi connectivity index (χ3n) is 7.20. The highest BCUT2D eigenvalue weighted by Crippen LogP contribution is 2.36. The molecule has 2 aromatic heterocycles. The van der Waals surface area contributed by atoms with Crippen molar-refractivity contribution in [3.8, 4) is 22.8 Å². The Hall–Kier alpha value is -3.57. The number of para-hydroxylation sites is 1. The van der Waals surface area contributed by atoms with E-state index in [-0.39, 0.29) is 12.1 Å². The van der Waals surface area contributed by atoms with Gasteiger partial charge < -0.3 is 25.6 Å². The van der Waals surface area contributed by atoms with E-state index in [1.54, 1.807) is 0 Å². The third-order valence-corrected chi connectivity index (χ3v) is 7.20. The van der Waals surface area contributed by atoms with Crippen LogP contribution < -0.4 is 21.1 Å². The minimum absolute atomic E-state index is 0.190. The van der Waals surface area contributed by atoms with Gasteiger partial charge in [0.15, 0.2) is 5.65 Å². The number of nitrogens with two attached hydrogens (primary N) is 1. The Morgan fingerprint density at radius 2 is 1.75 bits per heavy atom. The summed E-state index contributed by atoms with van der Waals surface area (Å²) in [5, 5.41) is 22.8. The summed E-state index contributed by atoms with van der Waals surface area (Å²) in [6.07, 6.45) is 5.64. The molecule has 1 aliphatic carbocycles. The smallest absolute Gasteiger partial charge is 0.164 e. The molecule has 2 heterocycles. The van der Waals surface area contributed by atoms with Gasteiger partial charge in [0.2, 0.25) is 0 Å². The minimum atomic E-state index is -0.591. The van der Waals surface area contributed by atoms with Gasteiger partial charge in [0.1, 0.15) is 35.6 Å². The highest BCUT2D eigenvalue weighted by Gasteiger charge is 2.27. The summed E-state index contributed by atoms with van der Waals surface area (Å²) in [5.41, 5.74) is 8.78. The molecule has 0 aliphatic heterocycles. The lowest BCUT2D eigenvalue weighted by atomic mass is 9.91. The number of aromatic nitrogens is 4. The highest BCUT2D eigenvalue weighted by molar-refractivity contribution is 5.98. The fraction of sp³-hybridized carbons (Fsp3) is 0.433. The molecule has 4 aromatic rings. The largest absolute Gasteiger partial charge is 0.457 e. The van der Waals surface area contributed by atoms with E-state index in [1.807, 2.05) is 59.3 Å². The lowest BCUT2D eigenvalue weighted by molar-refractivity contribution is 0.0986. The average Bonchev–Trinajstić information content (AvgIpc) is 3.37. The molecule has 1 aliphatic rings. The third kappa shape index (κ3) is 6.95. The number of nitrogens with one attached hydrogen (secondary N) is 2. The Balaban J connectivity index is 1.22. The van der Waals surface area contributed by atoms with Crippen molar-refractivity contribution in [1.82, 2.24) is 30.4 Å². The van der Waals surface area contributed by atoms with Crippen LogP contribution in [0.25, 0.3) is 22.3 Å². The average molecular weight is 546 g/mol. The number of rotatable bonds is 13. The van der Waals surface area contributed by atoms with Crippen LogP contribution >= 0.6 is 0 Å². The number of hydrogen-bond acceptors (Lipinski definition) is 9. The van der Waals surface area contributed by atoms with E-state index in [0.29, 0.717) is 19.0 Å². The van der Waals surface area contributed by atoms with Crippen molar-refractivity contribution in [3.63, 3.8) is 0 Å². The van der Waals surface area contributed by atoms with Crippen LogP contribution in [0.2, 0.25) is 0 Å². The van der Waals surface area contributed by atoms with E-state index in [0.717, 1.165) is 79.0 Å². The Morgan fingerprint density at radius 3 is 2.50 bits per heavy atom. The molecule has 0 bridgehead atoms. The highest BCUT2D eigenvalue weighted by atomic mass is 16.5. The molecule has 0 saturated heterocycles. The zero-order valence-electron chi connectivity index (χ0n) is 23.0. The van der Waals surface area contributed by atoms with Crippen molar-refractivity contribution in [2.45, 2.75) is 57.3 Å². The maximum atomic E-state index is 10.4. The number of anilines is 1. The Kier molecular flexibility index (Phi) is 9.56. The van der Waals surface area contributed by atoms with Gasteiger partial charge in [-0.05, 0) is 68.5 Å². The second-order valence-electron chi connectivity index (χ2n) is 10.2. The fourth-order valence-electron chi connectivity index (χ4n) is 5.21. The van der Waals surface area contributed by atoms with E-state index < -0.39 is 6.23 Å². The van der Waals surface area contributed by atoms with Crippen LogP contribution in [0.1, 0.15) is 45.1 Å². The first-order chi connectivity index (χ1) is 19.6. The fourth-order valence-corrected chi connectivity index (χ4v) is 5.21. The molecule has 1 fully saturated rings. The predicted molar refractivity (Wildman–Crippen MR) is 156 cm³/mol. The normalized spacial score (nSPS) is 18.1. The van der Waals surface area contributed by atoms with Gasteiger partial charge in [-0.2, -0.15) is 5.10 Å². The SMILES string of the molecule is CCCOCCNCC(O)NC1CCC(n2nc(-c3ccc(Oc4ccccc4)cc3)c3c(N)ncnc32)CC1. The first-order valence-corrected chi connectivity index (χ1v) is 14.2. The van der Waals surface area contributed by atoms with E-state index in [4.69, 9.17) is 20.3 Å². The Labute approximate surface area is 234 Å². The zero-order valence-corrected chi connectivity index (χ0v) is 23.0. The summed E-state index contributed by atoms with van der Waals surface area (Å²) in [7, 11) is 0. The maximum absolute atomic E-state index is 10.4. The van der Waals surface area contributed by atoms with Crippen LogP contribution in [0.15, 0.2) is 60.9 Å². The molecule has 0 radical (unpaired) electrons. The zero-order chi connectivity index (χ0) is 27.7. The molecule has 2 aromatic carbocycles. The summed E-state index contributed by atoms with van der Waals surface area (Å²) < 4.78 is 13.4. The quantitative estimate of drug-likeness (QED) is 0.144. The van der Waals surface area contributed by atoms with Crippen LogP contribution in [-0.2, 0) is 4.74 Å². The molecule has 5 N–H and O–H groups in total. The summed E-state index contributed by atoms with van der Waals surface area (Å²) in [6.45, 7) is 4.74. The second kappa shape index (κ2) is 13.7. The van der Waals surface area contributed by atoms with Crippen LogP contribution in [-0.4, -0.2) is 63.4 Å². The molecule has 10 nitrogen and oxygen atoms in total. The van der Waals surface area contributed by atoms with Crippen molar-refractivity contribution in [3.05, 3.63) is 60.9 Å². The molecule has 1 unspecified atom stereocenters. The Morgan fingerprint density at radius 1 is 1.00 bits per heavy atom. The number of hydrogen-bond donors (Lipinski definition) is 4. The summed E-state index contributed by atoms with van der Waals surface area (Å²) in [4.78, 5) is 8.83. The van der Waals surface area contributed by atoms with Gasteiger partial charge in [-0.25, -0.2) is 14.6 Å². The molecule has 0 amide bonds. The van der Waals surface area contributed by atoms with Crippen LogP contribution in [0.3, 0.4) is 0 Å². The van der Waals surface area contributed by atoms with Crippen molar-refractivity contribution in [2.75, 3.05) is 32.0 Å². The predicted octanol–water partition coefficient (Wildman–Crippen LogP) is 4.28. The summed E-state index contributed by atoms with van der Waals surface area (Å²) in [6, 6.07) is 18.0. The van der Waals surface area contributed by atoms with Gasteiger partial charge in [0.25, 0.3) is 0 Å². The number of aliphatic hydroxyl groups is 1. The van der Waals surface area contributed by atoms with Crippen LogP contribution in [0.4, 0.5) is 5.82 Å². The molecule has 10 heteroatoms. The van der Waals surface area contributed by atoms with Crippen LogP contribution in [0.5, 0.6) is 11.5 Å². The van der Waals surface area contributed by atoms with Crippen molar-refractivity contribution >= 4 is 16.9 Å². The maximum Gasteiger partial charge on any atom is 0.164 e. The van der Waals surface area contributed by atoms with E-state index in [1.165, 1.54) is 6.33 Å². The van der Waals surface area contributed by atoms with Gasteiger partial charge in [0, 0.05) is 31.3 Å². The minimum Gasteiger partial charge on any atom is -0.457 e. The van der Waals surface area contributed by atoms with Gasteiger partial charge in [-0.15, -0.1) is 0 Å². The second-order valence-corrected chi connectivity index (χ2v) is 10.2. The van der Waals surface area contributed by atoms with Gasteiger partial charge in [0.05, 0.1) is 18.0 Å². The molecule has 40 heavy (non-hydrogen) atoms. The van der Waals surface area contributed by atoms with Crippen LogP contribution in [0, 0.1) is 0 Å². The molecular weight excluding hydrogens is 506 g/mol. The molecule has 212 valence electrons. The molecular formula is C30H39N7O3. The lowest BCUT2D eigenvalue weighted by Gasteiger charge is -2.31. The first kappa shape index (κ1) is 28.0. The molecule has 0 spiro atoms.